The van der Waals surface area contributed by atoms with Crippen molar-refractivity contribution in [3.63, 3.8) is 0 Å². The first-order valence-corrected chi connectivity index (χ1v) is 13.7. The molecule has 0 saturated carbocycles. The van der Waals surface area contributed by atoms with E-state index in [1.54, 1.807) is 16.0 Å². The van der Waals surface area contributed by atoms with E-state index >= 15 is 0 Å². The summed E-state index contributed by atoms with van der Waals surface area (Å²) in [5.41, 5.74) is 5.99. The van der Waals surface area contributed by atoms with Crippen molar-refractivity contribution >= 4 is 38.8 Å². The van der Waals surface area contributed by atoms with Gasteiger partial charge in [-0.2, -0.15) is 5.10 Å². The van der Waals surface area contributed by atoms with Gasteiger partial charge < -0.3 is 10.2 Å². The van der Waals surface area contributed by atoms with Gasteiger partial charge in [-0.25, -0.2) is 9.48 Å². The van der Waals surface area contributed by atoms with Gasteiger partial charge in [0.05, 0.1) is 16.8 Å². The van der Waals surface area contributed by atoms with E-state index in [1.165, 1.54) is 28.8 Å². The zero-order valence-corrected chi connectivity index (χ0v) is 21.0. The number of benzene rings is 1. The van der Waals surface area contributed by atoms with Gasteiger partial charge in [0.2, 0.25) is 0 Å². The molecule has 7 nitrogen and oxygen atoms in total. The van der Waals surface area contributed by atoms with Crippen LogP contribution in [0.3, 0.4) is 0 Å². The van der Waals surface area contributed by atoms with E-state index in [1.807, 2.05) is 10.8 Å². The molecule has 35 heavy (non-hydrogen) atoms. The van der Waals surface area contributed by atoms with Gasteiger partial charge in [-0.05, 0) is 62.1 Å². The summed E-state index contributed by atoms with van der Waals surface area (Å²) < 4.78 is 4.55. The minimum Gasteiger partial charge on any atom is -0.366 e. The van der Waals surface area contributed by atoms with E-state index in [9.17, 15) is 4.79 Å². The molecule has 0 aliphatic carbocycles. The van der Waals surface area contributed by atoms with Crippen molar-refractivity contribution in [1.29, 1.82) is 0 Å². The lowest BCUT2D eigenvalue weighted by molar-refractivity contribution is 0.592. The van der Waals surface area contributed by atoms with Crippen LogP contribution >= 0.6 is 22.9 Å². The largest absolute Gasteiger partial charge is 0.366 e. The third-order valence-corrected chi connectivity index (χ3v) is 8.96. The highest BCUT2D eigenvalue weighted by Crippen LogP contribution is 2.44. The Morgan fingerprint density at radius 2 is 2.06 bits per heavy atom. The highest BCUT2D eigenvalue weighted by Gasteiger charge is 2.30. The fourth-order valence-corrected chi connectivity index (χ4v) is 7.40. The van der Waals surface area contributed by atoms with Gasteiger partial charge in [-0.3, -0.25) is 9.55 Å². The summed E-state index contributed by atoms with van der Waals surface area (Å²) in [7, 11) is 0. The zero-order valence-electron chi connectivity index (χ0n) is 19.5. The fourth-order valence-electron chi connectivity index (χ4n) is 6.03. The van der Waals surface area contributed by atoms with Crippen LogP contribution in [-0.4, -0.2) is 45.0 Å². The molecule has 180 valence electrons. The number of hydrogen-bond acceptors (Lipinski definition) is 6. The van der Waals surface area contributed by atoms with Crippen LogP contribution in [0.25, 0.3) is 21.3 Å². The topological polar surface area (TPSA) is 68.0 Å². The lowest BCUT2D eigenvalue weighted by Gasteiger charge is -2.38. The van der Waals surface area contributed by atoms with E-state index in [4.69, 9.17) is 11.6 Å². The maximum absolute atomic E-state index is 12.8. The molecule has 0 radical (unpaired) electrons. The molecule has 0 spiro atoms. The molecule has 0 amide bonds. The molecule has 7 rings (SSSR count). The van der Waals surface area contributed by atoms with Gasteiger partial charge in [0, 0.05) is 65.0 Å². The summed E-state index contributed by atoms with van der Waals surface area (Å²) in [6.07, 6.45) is 7.15. The monoisotopic (exact) mass is 506 g/mol. The molecule has 9 heteroatoms. The number of aryl methyl sites for hydroxylation is 2. The second-order valence-corrected chi connectivity index (χ2v) is 11.4. The minimum atomic E-state index is -0.00661. The van der Waals surface area contributed by atoms with Crippen molar-refractivity contribution < 1.29 is 0 Å². The Morgan fingerprint density at radius 3 is 2.91 bits per heavy atom. The normalized spacial score (nSPS) is 19.5. The predicted molar refractivity (Wildman–Crippen MR) is 141 cm³/mol. The summed E-state index contributed by atoms with van der Waals surface area (Å²) in [6, 6.07) is 9.01. The van der Waals surface area contributed by atoms with E-state index in [0.29, 0.717) is 12.6 Å². The molecule has 3 aliphatic heterocycles. The number of aromatic nitrogens is 4. The molecule has 1 aromatic carbocycles. The third kappa shape index (κ3) is 3.61. The van der Waals surface area contributed by atoms with Crippen molar-refractivity contribution in [2.45, 2.75) is 51.2 Å². The number of rotatable bonds is 4. The number of anilines is 1. The van der Waals surface area contributed by atoms with Gasteiger partial charge in [-0.1, -0.05) is 11.6 Å². The molecule has 1 fully saturated rings. The summed E-state index contributed by atoms with van der Waals surface area (Å²) in [5, 5.41) is 8.90. The summed E-state index contributed by atoms with van der Waals surface area (Å²) in [6.45, 7) is 4.43. The molecule has 3 aromatic heterocycles. The Kier molecular flexibility index (Phi) is 5.22. The van der Waals surface area contributed by atoms with Crippen molar-refractivity contribution in [2.24, 2.45) is 0 Å². The van der Waals surface area contributed by atoms with Crippen molar-refractivity contribution in [3.8, 4) is 11.1 Å². The molecule has 1 atom stereocenters. The number of nitrogens with one attached hydrogen (secondary N) is 1. The number of pyridine rings is 1. The van der Waals surface area contributed by atoms with Crippen molar-refractivity contribution in [3.05, 3.63) is 62.2 Å². The van der Waals surface area contributed by atoms with Gasteiger partial charge in [0.25, 0.3) is 0 Å². The van der Waals surface area contributed by atoms with Crippen LogP contribution in [-0.2, 0) is 25.9 Å². The molecule has 1 saturated heterocycles. The highest BCUT2D eigenvalue weighted by atomic mass is 35.5. The number of halogens is 1. The predicted octanol–water partition coefficient (Wildman–Crippen LogP) is 4.08. The first kappa shape index (κ1) is 21.6. The van der Waals surface area contributed by atoms with Crippen LogP contribution in [0, 0.1) is 0 Å². The Morgan fingerprint density at radius 1 is 1.14 bits per heavy atom. The SMILES string of the molecule is O=c1n(Cc2cc3nccc(-c4cc(Cl)cc5c4N(C4CCNC4)CCC5)c3s2)nc2n1CCC2. The maximum atomic E-state index is 12.8. The van der Waals surface area contributed by atoms with E-state index < -0.39 is 0 Å². The average Bonchev–Trinajstić information content (AvgIpc) is 3.65. The smallest absolute Gasteiger partial charge is 0.346 e. The molecule has 3 aliphatic rings. The van der Waals surface area contributed by atoms with Crippen LogP contribution in [0.5, 0.6) is 0 Å². The Hall–Kier alpha value is -2.68. The quantitative estimate of drug-likeness (QED) is 0.451. The average molecular weight is 507 g/mol. The van der Waals surface area contributed by atoms with E-state index in [2.05, 4.69) is 44.6 Å². The highest BCUT2D eigenvalue weighted by molar-refractivity contribution is 7.19. The first-order valence-electron chi connectivity index (χ1n) is 12.5. The number of fused-ring (bicyclic) bond motifs is 3. The number of thiophene rings is 1. The van der Waals surface area contributed by atoms with E-state index in [0.717, 1.165) is 77.8 Å². The van der Waals surface area contributed by atoms with Gasteiger partial charge >= 0.3 is 5.69 Å². The zero-order chi connectivity index (χ0) is 23.5. The summed E-state index contributed by atoms with van der Waals surface area (Å²) in [5.74, 6) is 0.905. The molecule has 6 heterocycles. The molecule has 1 unspecified atom stereocenters. The lowest BCUT2D eigenvalue weighted by atomic mass is 9.92. The van der Waals surface area contributed by atoms with Crippen LogP contribution in [0.1, 0.15) is 35.5 Å². The molecular formula is C26H27ClN6OS. The second-order valence-electron chi connectivity index (χ2n) is 9.80. The second kappa shape index (κ2) is 8.47. The lowest BCUT2D eigenvalue weighted by Crippen LogP contribution is -2.40. The fraction of sp³-hybridized carbons (Fsp3) is 0.423. The Labute approximate surface area is 212 Å². The number of hydrogen-bond donors (Lipinski definition) is 1. The van der Waals surface area contributed by atoms with Crippen LogP contribution in [0.4, 0.5) is 5.69 Å². The Balaban J connectivity index is 1.33. The first-order chi connectivity index (χ1) is 17.2. The standard InChI is InChI=1S/C26H27ClN6OS/c27-17-11-16-3-1-9-31(18-5-7-28-14-18)24(16)21(12-17)20-6-8-29-22-13-19(35-25(20)22)15-33-26(34)32-10-2-4-23(32)30-33/h6,8,11-13,18,28H,1-5,7,9-10,14-15H2. The molecule has 1 N–H and O–H groups in total. The van der Waals surface area contributed by atoms with Crippen LogP contribution < -0.4 is 15.9 Å². The van der Waals surface area contributed by atoms with Crippen molar-refractivity contribution in [2.75, 3.05) is 24.5 Å². The van der Waals surface area contributed by atoms with Gasteiger partial charge in [-0.15, -0.1) is 11.3 Å². The maximum Gasteiger partial charge on any atom is 0.346 e. The number of nitrogens with zero attached hydrogens (tertiary/aromatic N) is 5. The molecular weight excluding hydrogens is 480 g/mol. The molecule has 4 aromatic rings. The third-order valence-electron chi connectivity index (χ3n) is 7.60. The minimum absolute atomic E-state index is 0.00661. The van der Waals surface area contributed by atoms with Crippen LogP contribution in [0.15, 0.2) is 35.3 Å². The summed E-state index contributed by atoms with van der Waals surface area (Å²) >= 11 is 8.37. The van der Waals surface area contributed by atoms with E-state index in [-0.39, 0.29) is 5.69 Å². The summed E-state index contributed by atoms with van der Waals surface area (Å²) in [4.78, 5) is 21.1. The molecule has 0 bridgehead atoms. The van der Waals surface area contributed by atoms with Crippen molar-refractivity contribution in [1.82, 2.24) is 24.6 Å². The van der Waals surface area contributed by atoms with Crippen LogP contribution in [0.2, 0.25) is 5.02 Å². The van der Waals surface area contributed by atoms with Gasteiger partial charge in [0.15, 0.2) is 0 Å². The van der Waals surface area contributed by atoms with Gasteiger partial charge in [0.1, 0.15) is 5.82 Å². The Bertz CT molecular complexity index is 1500.